The Hall–Kier alpha value is -2.08. The summed E-state index contributed by atoms with van der Waals surface area (Å²) in [4.78, 5) is 2.34. The molecule has 1 heterocycles. The number of hydrogen-bond donors (Lipinski definition) is 1. The molecule has 25 heavy (non-hydrogen) atoms. The first kappa shape index (κ1) is 17.7. The lowest BCUT2D eigenvalue weighted by Gasteiger charge is -2.30. The second-order valence-corrected chi connectivity index (χ2v) is 8.23. The van der Waals surface area contributed by atoms with Gasteiger partial charge in [-0.05, 0) is 62.4 Å². The van der Waals surface area contributed by atoms with Crippen molar-refractivity contribution >= 4 is 21.4 Å². The van der Waals surface area contributed by atoms with Gasteiger partial charge in [0.2, 0.25) is 0 Å². The fourth-order valence-electron chi connectivity index (χ4n) is 3.20. The van der Waals surface area contributed by atoms with Crippen LogP contribution in [0.2, 0.25) is 0 Å². The zero-order chi connectivity index (χ0) is 18.0. The second-order valence-electron chi connectivity index (χ2n) is 6.58. The van der Waals surface area contributed by atoms with Crippen LogP contribution in [0.4, 0.5) is 15.8 Å². The van der Waals surface area contributed by atoms with E-state index in [2.05, 4.69) is 9.62 Å². The SMILES string of the molecule is Cc1ccc(C)c(S(=O)(=O)Nc2cc(F)ccc2N2CCCCC2)c1. The summed E-state index contributed by atoms with van der Waals surface area (Å²) in [6, 6.07) is 9.57. The van der Waals surface area contributed by atoms with Gasteiger partial charge in [0.25, 0.3) is 10.0 Å². The van der Waals surface area contributed by atoms with Crippen molar-refractivity contribution in [3.63, 3.8) is 0 Å². The highest BCUT2D eigenvalue weighted by molar-refractivity contribution is 7.92. The number of benzene rings is 2. The molecule has 0 saturated carbocycles. The van der Waals surface area contributed by atoms with Crippen molar-refractivity contribution in [2.45, 2.75) is 38.0 Å². The Morgan fingerprint density at radius 1 is 1.00 bits per heavy atom. The van der Waals surface area contributed by atoms with Crippen molar-refractivity contribution in [2.24, 2.45) is 0 Å². The first-order valence-corrected chi connectivity index (χ1v) is 10.00. The Balaban J connectivity index is 1.99. The molecule has 1 saturated heterocycles. The Labute approximate surface area is 148 Å². The van der Waals surface area contributed by atoms with Gasteiger partial charge in [0, 0.05) is 19.2 Å². The van der Waals surface area contributed by atoms with E-state index >= 15 is 0 Å². The van der Waals surface area contributed by atoms with Gasteiger partial charge in [0.15, 0.2) is 0 Å². The zero-order valence-corrected chi connectivity index (χ0v) is 15.4. The summed E-state index contributed by atoms with van der Waals surface area (Å²) in [5, 5.41) is 0. The van der Waals surface area contributed by atoms with E-state index in [1.807, 2.05) is 13.0 Å². The Morgan fingerprint density at radius 2 is 1.72 bits per heavy atom. The summed E-state index contributed by atoms with van der Waals surface area (Å²) in [7, 11) is -3.79. The zero-order valence-electron chi connectivity index (χ0n) is 14.5. The fourth-order valence-corrected chi connectivity index (χ4v) is 4.59. The number of piperidine rings is 1. The monoisotopic (exact) mass is 362 g/mol. The van der Waals surface area contributed by atoms with E-state index in [0.717, 1.165) is 37.2 Å². The molecule has 134 valence electrons. The van der Waals surface area contributed by atoms with Crippen LogP contribution in [0.5, 0.6) is 0 Å². The number of aryl methyl sites for hydroxylation is 2. The maximum absolute atomic E-state index is 13.8. The Kier molecular flexibility index (Phi) is 4.99. The van der Waals surface area contributed by atoms with E-state index in [-0.39, 0.29) is 4.90 Å². The number of nitrogens with one attached hydrogen (secondary N) is 1. The van der Waals surface area contributed by atoms with Crippen molar-refractivity contribution < 1.29 is 12.8 Å². The van der Waals surface area contributed by atoms with Crippen molar-refractivity contribution in [3.05, 3.63) is 53.3 Å². The highest BCUT2D eigenvalue weighted by atomic mass is 32.2. The molecule has 1 N–H and O–H groups in total. The molecule has 1 fully saturated rings. The van der Waals surface area contributed by atoms with Crippen molar-refractivity contribution in [2.75, 3.05) is 22.7 Å². The van der Waals surface area contributed by atoms with Gasteiger partial charge in [-0.25, -0.2) is 12.8 Å². The fraction of sp³-hybridized carbons (Fsp3) is 0.368. The highest BCUT2D eigenvalue weighted by Crippen LogP contribution is 2.31. The molecular weight excluding hydrogens is 339 g/mol. The molecular formula is C19H23FN2O2S. The van der Waals surface area contributed by atoms with Gasteiger partial charge in [-0.2, -0.15) is 0 Å². The number of sulfonamides is 1. The molecule has 0 amide bonds. The number of hydrogen-bond acceptors (Lipinski definition) is 3. The third-order valence-electron chi connectivity index (χ3n) is 4.53. The lowest BCUT2D eigenvalue weighted by atomic mass is 10.1. The minimum absolute atomic E-state index is 0.223. The lowest BCUT2D eigenvalue weighted by Crippen LogP contribution is -2.30. The third-order valence-corrected chi connectivity index (χ3v) is 6.04. The maximum Gasteiger partial charge on any atom is 0.262 e. The smallest absolute Gasteiger partial charge is 0.262 e. The molecule has 0 unspecified atom stereocenters. The topological polar surface area (TPSA) is 49.4 Å². The number of rotatable bonds is 4. The molecule has 0 aliphatic carbocycles. The van der Waals surface area contributed by atoms with Crippen LogP contribution in [-0.2, 0) is 10.0 Å². The first-order chi connectivity index (χ1) is 11.9. The van der Waals surface area contributed by atoms with Crippen LogP contribution in [0.1, 0.15) is 30.4 Å². The number of nitrogens with zero attached hydrogens (tertiary/aromatic N) is 1. The average Bonchev–Trinajstić information content (AvgIpc) is 2.57. The molecule has 0 bridgehead atoms. The van der Waals surface area contributed by atoms with Gasteiger partial charge in [0.1, 0.15) is 5.82 Å². The summed E-state index contributed by atoms with van der Waals surface area (Å²) < 4.78 is 42.1. The summed E-state index contributed by atoms with van der Waals surface area (Å²) >= 11 is 0. The van der Waals surface area contributed by atoms with Crippen LogP contribution >= 0.6 is 0 Å². The van der Waals surface area contributed by atoms with Gasteiger partial charge in [-0.1, -0.05) is 12.1 Å². The standard InChI is InChI=1S/C19H23FN2O2S/c1-14-6-7-15(2)19(12-14)25(23,24)21-17-13-16(20)8-9-18(17)22-10-4-3-5-11-22/h6-9,12-13,21H,3-5,10-11H2,1-2H3. The van der Waals surface area contributed by atoms with Gasteiger partial charge in [-0.3, -0.25) is 4.72 Å². The van der Waals surface area contributed by atoms with E-state index in [4.69, 9.17) is 0 Å². The van der Waals surface area contributed by atoms with Crippen LogP contribution in [0, 0.1) is 19.7 Å². The van der Waals surface area contributed by atoms with E-state index in [9.17, 15) is 12.8 Å². The molecule has 2 aromatic carbocycles. The predicted molar refractivity (Wildman–Crippen MR) is 99.2 cm³/mol. The molecule has 1 aliphatic rings. The number of anilines is 2. The van der Waals surface area contributed by atoms with E-state index < -0.39 is 15.8 Å². The predicted octanol–water partition coefficient (Wildman–Crippen LogP) is 4.23. The molecule has 2 aromatic rings. The van der Waals surface area contributed by atoms with Gasteiger partial charge in [0.05, 0.1) is 16.3 Å². The summed E-state index contributed by atoms with van der Waals surface area (Å²) in [5.41, 5.74) is 2.55. The largest absolute Gasteiger partial charge is 0.370 e. The molecule has 4 nitrogen and oxygen atoms in total. The van der Waals surface area contributed by atoms with Crippen LogP contribution < -0.4 is 9.62 Å². The molecule has 0 radical (unpaired) electrons. The molecule has 0 spiro atoms. The summed E-state index contributed by atoms with van der Waals surface area (Å²) in [5.74, 6) is -0.459. The molecule has 0 atom stereocenters. The van der Waals surface area contributed by atoms with Gasteiger partial charge >= 0.3 is 0 Å². The molecule has 6 heteroatoms. The molecule has 0 aromatic heterocycles. The van der Waals surface area contributed by atoms with Crippen LogP contribution in [0.3, 0.4) is 0 Å². The minimum atomic E-state index is -3.79. The van der Waals surface area contributed by atoms with E-state index in [0.29, 0.717) is 11.3 Å². The lowest BCUT2D eigenvalue weighted by molar-refractivity contribution is 0.577. The van der Waals surface area contributed by atoms with Crippen LogP contribution in [0.25, 0.3) is 0 Å². The first-order valence-electron chi connectivity index (χ1n) is 8.51. The van der Waals surface area contributed by atoms with Crippen LogP contribution in [-0.4, -0.2) is 21.5 Å². The normalized spacial score (nSPS) is 15.2. The van der Waals surface area contributed by atoms with E-state index in [1.165, 1.54) is 18.6 Å². The highest BCUT2D eigenvalue weighted by Gasteiger charge is 2.21. The summed E-state index contributed by atoms with van der Waals surface area (Å²) in [6.45, 7) is 5.30. The molecule has 3 rings (SSSR count). The van der Waals surface area contributed by atoms with Gasteiger partial charge < -0.3 is 4.90 Å². The van der Waals surface area contributed by atoms with E-state index in [1.54, 1.807) is 25.1 Å². The van der Waals surface area contributed by atoms with Crippen molar-refractivity contribution in [3.8, 4) is 0 Å². The average molecular weight is 362 g/mol. The minimum Gasteiger partial charge on any atom is -0.370 e. The Bertz CT molecular complexity index is 875. The maximum atomic E-state index is 13.8. The second kappa shape index (κ2) is 7.04. The quantitative estimate of drug-likeness (QED) is 0.885. The molecule has 1 aliphatic heterocycles. The van der Waals surface area contributed by atoms with Crippen molar-refractivity contribution in [1.82, 2.24) is 0 Å². The van der Waals surface area contributed by atoms with Crippen molar-refractivity contribution in [1.29, 1.82) is 0 Å². The summed E-state index contributed by atoms with van der Waals surface area (Å²) in [6.07, 6.45) is 3.28. The number of halogens is 1. The Morgan fingerprint density at radius 3 is 2.44 bits per heavy atom. The van der Waals surface area contributed by atoms with Crippen LogP contribution in [0.15, 0.2) is 41.3 Å². The third kappa shape index (κ3) is 3.95. The van der Waals surface area contributed by atoms with Gasteiger partial charge in [-0.15, -0.1) is 0 Å².